The topological polar surface area (TPSA) is 30.5 Å². The Balaban J connectivity index is 2.05. The molecule has 24 heavy (non-hydrogen) atoms. The van der Waals surface area contributed by atoms with Gasteiger partial charge >= 0.3 is 0 Å². The van der Waals surface area contributed by atoms with Gasteiger partial charge in [-0.15, -0.1) is 0 Å². The molecule has 0 amide bonds. The Morgan fingerprint density at radius 1 is 0.958 bits per heavy atom. The molecular formula is C21H29NO2. The lowest BCUT2D eigenvalue weighted by Gasteiger charge is -2.18. The van der Waals surface area contributed by atoms with Crippen molar-refractivity contribution < 1.29 is 9.47 Å². The Bertz CT molecular complexity index is 610. The van der Waals surface area contributed by atoms with Crippen molar-refractivity contribution in [2.45, 2.75) is 39.8 Å². The summed E-state index contributed by atoms with van der Waals surface area (Å²) >= 11 is 0. The van der Waals surface area contributed by atoms with Crippen molar-refractivity contribution in [2.24, 2.45) is 5.92 Å². The first-order valence-electron chi connectivity index (χ1n) is 8.68. The van der Waals surface area contributed by atoms with Crippen LogP contribution >= 0.6 is 0 Å². The van der Waals surface area contributed by atoms with Gasteiger partial charge in [-0.25, -0.2) is 0 Å². The zero-order valence-electron chi connectivity index (χ0n) is 15.2. The van der Waals surface area contributed by atoms with E-state index in [1.807, 2.05) is 18.2 Å². The van der Waals surface area contributed by atoms with Crippen LogP contribution < -0.4 is 14.8 Å². The van der Waals surface area contributed by atoms with Crippen LogP contribution in [0.25, 0.3) is 0 Å². The highest BCUT2D eigenvalue weighted by Gasteiger charge is 2.12. The minimum Gasteiger partial charge on any atom is -0.493 e. The van der Waals surface area contributed by atoms with Gasteiger partial charge in [0.05, 0.1) is 13.7 Å². The maximum atomic E-state index is 6.04. The summed E-state index contributed by atoms with van der Waals surface area (Å²) in [6.07, 6.45) is 1.03. The lowest BCUT2D eigenvalue weighted by molar-refractivity contribution is 0.269. The normalized spacial score (nSPS) is 12.2. The van der Waals surface area contributed by atoms with E-state index in [-0.39, 0.29) is 6.04 Å². The summed E-state index contributed by atoms with van der Waals surface area (Å²) in [6.45, 7) is 8.03. The molecule has 2 aromatic carbocycles. The molecule has 0 aliphatic heterocycles. The summed E-state index contributed by atoms with van der Waals surface area (Å²) in [6, 6.07) is 16.8. The molecule has 0 bridgehead atoms. The van der Waals surface area contributed by atoms with Gasteiger partial charge in [0, 0.05) is 18.2 Å². The van der Waals surface area contributed by atoms with Crippen molar-refractivity contribution >= 4 is 0 Å². The van der Waals surface area contributed by atoms with Crippen LogP contribution in [0.1, 0.15) is 44.4 Å². The molecule has 0 spiro atoms. The molecule has 2 aromatic rings. The molecule has 0 aromatic heterocycles. The number of methoxy groups -OCH3 is 1. The molecule has 3 nitrogen and oxygen atoms in total. The monoisotopic (exact) mass is 327 g/mol. The SMILES string of the molecule is COc1cccc(CNC(C)c2ccccc2)c1OCCC(C)C. The maximum Gasteiger partial charge on any atom is 0.165 e. The van der Waals surface area contributed by atoms with Gasteiger partial charge in [0.25, 0.3) is 0 Å². The maximum absolute atomic E-state index is 6.04. The first-order valence-corrected chi connectivity index (χ1v) is 8.68. The highest BCUT2D eigenvalue weighted by Crippen LogP contribution is 2.31. The fourth-order valence-corrected chi connectivity index (χ4v) is 2.54. The van der Waals surface area contributed by atoms with E-state index >= 15 is 0 Å². The van der Waals surface area contributed by atoms with E-state index in [1.54, 1.807) is 7.11 Å². The van der Waals surface area contributed by atoms with Gasteiger partial charge in [-0.3, -0.25) is 0 Å². The number of para-hydroxylation sites is 1. The van der Waals surface area contributed by atoms with E-state index in [4.69, 9.17) is 9.47 Å². The first-order chi connectivity index (χ1) is 11.6. The molecule has 0 fully saturated rings. The summed E-state index contributed by atoms with van der Waals surface area (Å²) in [7, 11) is 1.69. The number of hydrogen-bond donors (Lipinski definition) is 1. The van der Waals surface area contributed by atoms with Crippen molar-refractivity contribution in [1.29, 1.82) is 0 Å². The van der Waals surface area contributed by atoms with Crippen LogP contribution in [0.15, 0.2) is 48.5 Å². The highest BCUT2D eigenvalue weighted by atomic mass is 16.5. The Hall–Kier alpha value is -2.00. The van der Waals surface area contributed by atoms with Gasteiger partial charge in [0.15, 0.2) is 11.5 Å². The molecule has 3 heteroatoms. The van der Waals surface area contributed by atoms with Crippen LogP contribution in [0.5, 0.6) is 11.5 Å². The average molecular weight is 327 g/mol. The van der Waals surface area contributed by atoms with Crippen LogP contribution in [0.2, 0.25) is 0 Å². The molecule has 0 radical (unpaired) electrons. The minimum absolute atomic E-state index is 0.279. The fourth-order valence-electron chi connectivity index (χ4n) is 2.54. The van der Waals surface area contributed by atoms with E-state index in [0.29, 0.717) is 12.5 Å². The number of rotatable bonds is 9. The number of nitrogens with one attached hydrogen (secondary N) is 1. The zero-order valence-corrected chi connectivity index (χ0v) is 15.2. The lowest BCUT2D eigenvalue weighted by atomic mass is 10.1. The minimum atomic E-state index is 0.279. The predicted molar refractivity (Wildman–Crippen MR) is 99.6 cm³/mol. The second-order valence-electron chi connectivity index (χ2n) is 6.49. The summed E-state index contributed by atoms with van der Waals surface area (Å²) in [5.74, 6) is 2.28. The van der Waals surface area contributed by atoms with E-state index in [1.165, 1.54) is 5.56 Å². The van der Waals surface area contributed by atoms with E-state index in [0.717, 1.165) is 30.0 Å². The predicted octanol–water partition coefficient (Wildman–Crippen LogP) is 4.97. The Kier molecular flexibility index (Phi) is 7.13. The van der Waals surface area contributed by atoms with Gasteiger partial charge in [-0.2, -0.15) is 0 Å². The van der Waals surface area contributed by atoms with Crippen molar-refractivity contribution in [1.82, 2.24) is 5.32 Å². The van der Waals surface area contributed by atoms with Crippen LogP contribution in [-0.2, 0) is 6.54 Å². The third-order valence-corrected chi connectivity index (χ3v) is 4.12. The molecule has 0 saturated carbocycles. The van der Waals surface area contributed by atoms with Gasteiger partial charge in [0.1, 0.15) is 0 Å². The van der Waals surface area contributed by atoms with E-state index in [2.05, 4.69) is 56.4 Å². The number of ether oxygens (including phenoxy) is 2. The largest absolute Gasteiger partial charge is 0.493 e. The molecule has 1 N–H and O–H groups in total. The average Bonchev–Trinajstić information content (AvgIpc) is 2.60. The van der Waals surface area contributed by atoms with Crippen molar-refractivity contribution in [2.75, 3.05) is 13.7 Å². The molecule has 1 atom stereocenters. The van der Waals surface area contributed by atoms with Crippen molar-refractivity contribution in [3.8, 4) is 11.5 Å². The number of benzene rings is 2. The molecular weight excluding hydrogens is 298 g/mol. The second kappa shape index (κ2) is 9.33. The molecule has 0 saturated heterocycles. The van der Waals surface area contributed by atoms with Gasteiger partial charge < -0.3 is 14.8 Å². The van der Waals surface area contributed by atoms with Crippen LogP contribution in [-0.4, -0.2) is 13.7 Å². The van der Waals surface area contributed by atoms with Crippen molar-refractivity contribution in [3.63, 3.8) is 0 Å². The standard InChI is InChI=1S/C21H29NO2/c1-16(2)13-14-24-21-19(11-8-12-20(21)23-4)15-22-17(3)18-9-6-5-7-10-18/h5-12,16-17,22H,13-15H2,1-4H3. The molecule has 130 valence electrons. The summed E-state index contributed by atoms with van der Waals surface area (Å²) in [5.41, 5.74) is 2.41. The van der Waals surface area contributed by atoms with Crippen molar-refractivity contribution in [3.05, 3.63) is 59.7 Å². The summed E-state index contributed by atoms with van der Waals surface area (Å²) in [5, 5.41) is 3.57. The Labute approximate surface area is 146 Å². The third-order valence-electron chi connectivity index (χ3n) is 4.12. The molecule has 0 heterocycles. The summed E-state index contributed by atoms with van der Waals surface area (Å²) < 4.78 is 11.5. The highest BCUT2D eigenvalue weighted by molar-refractivity contribution is 5.46. The lowest BCUT2D eigenvalue weighted by Crippen LogP contribution is -2.19. The van der Waals surface area contributed by atoms with Gasteiger partial charge in [0.2, 0.25) is 0 Å². The molecule has 0 aliphatic carbocycles. The summed E-state index contributed by atoms with van der Waals surface area (Å²) in [4.78, 5) is 0. The van der Waals surface area contributed by atoms with E-state index in [9.17, 15) is 0 Å². The zero-order chi connectivity index (χ0) is 17.4. The van der Waals surface area contributed by atoms with Gasteiger partial charge in [-0.1, -0.05) is 56.3 Å². The molecule has 0 aliphatic rings. The third kappa shape index (κ3) is 5.27. The molecule has 1 unspecified atom stereocenters. The fraction of sp³-hybridized carbons (Fsp3) is 0.429. The molecule has 2 rings (SSSR count). The Morgan fingerprint density at radius 3 is 2.38 bits per heavy atom. The van der Waals surface area contributed by atoms with Crippen LogP contribution in [0, 0.1) is 5.92 Å². The van der Waals surface area contributed by atoms with Gasteiger partial charge in [-0.05, 0) is 30.9 Å². The Morgan fingerprint density at radius 2 is 1.71 bits per heavy atom. The van der Waals surface area contributed by atoms with E-state index < -0.39 is 0 Å². The van der Waals surface area contributed by atoms with Crippen LogP contribution in [0.4, 0.5) is 0 Å². The second-order valence-corrected chi connectivity index (χ2v) is 6.49. The quantitative estimate of drug-likeness (QED) is 0.705. The first kappa shape index (κ1) is 18.3. The van der Waals surface area contributed by atoms with Crippen LogP contribution in [0.3, 0.4) is 0 Å². The smallest absolute Gasteiger partial charge is 0.165 e. The number of hydrogen-bond acceptors (Lipinski definition) is 3.